The number of rotatable bonds is 6. The molecule has 1 heterocycles. The summed E-state index contributed by atoms with van der Waals surface area (Å²) in [6.45, 7) is 2.57. The van der Waals surface area contributed by atoms with Gasteiger partial charge in [-0.15, -0.1) is 0 Å². The lowest BCUT2D eigenvalue weighted by Crippen LogP contribution is -2.44. The van der Waals surface area contributed by atoms with E-state index in [1.165, 1.54) is 12.1 Å². The number of guanidine groups is 1. The van der Waals surface area contributed by atoms with Crippen molar-refractivity contribution in [1.29, 1.82) is 0 Å². The van der Waals surface area contributed by atoms with Crippen LogP contribution < -0.4 is 15.4 Å². The number of aliphatic imine (C=N–C) groups is 1. The van der Waals surface area contributed by atoms with E-state index < -0.39 is 11.7 Å². The molecule has 1 atom stereocenters. The lowest BCUT2D eigenvalue weighted by Gasteiger charge is -2.19. The fourth-order valence-electron chi connectivity index (χ4n) is 3.55. The molecule has 6 nitrogen and oxygen atoms in total. The molecule has 1 aliphatic rings. The molecule has 0 spiro atoms. The Morgan fingerprint density at radius 1 is 1.23 bits per heavy atom. The predicted molar refractivity (Wildman–Crippen MR) is 113 cm³/mol. The molecule has 0 aliphatic carbocycles. The van der Waals surface area contributed by atoms with Crippen LogP contribution in [-0.2, 0) is 19.3 Å². The summed E-state index contributed by atoms with van der Waals surface area (Å²) in [4.78, 5) is 6.43. The van der Waals surface area contributed by atoms with Crippen molar-refractivity contribution < 1.29 is 23.0 Å². The van der Waals surface area contributed by atoms with Gasteiger partial charge in [0.1, 0.15) is 11.5 Å². The van der Waals surface area contributed by atoms with Crippen LogP contribution in [0, 0.1) is 0 Å². The Hall–Kier alpha value is -2.94. The van der Waals surface area contributed by atoms with E-state index in [-0.39, 0.29) is 11.8 Å². The normalized spacial score (nSPS) is 17.6. The molecule has 3 N–H and O–H groups in total. The SMILES string of the molecule is CN=C(NCc1cc(OC)ccc1O)NC1CCN(Cc2ccc(C(F)(F)F)cc2)C1. The highest BCUT2D eigenvalue weighted by molar-refractivity contribution is 5.80. The molecule has 168 valence electrons. The summed E-state index contributed by atoms with van der Waals surface area (Å²) in [5.41, 5.74) is 0.913. The van der Waals surface area contributed by atoms with Crippen LogP contribution >= 0.6 is 0 Å². The molecule has 0 amide bonds. The van der Waals surface area contributed by atoms with E-state index >= 15 is 0 Å². The molecule has 2 aromatic carbocycles. The van der Waals surface area contributed by atoms with Crippen LogP contribution in [0.2, 0.25) is 0 Å². The van der Waals surface area contributed by atoms with E-state index in [1.54, 1.807) is 32.4 Å². The second-order valence-electron chi connectivity index (χ2n) is 7.48. The number of hydrogen-bond donors (Lipinski definition) is 3. The minimum absolute atomic E-state index is 0.166. The zero-order valence-electron chi connectivity index (χ0n) is 17.5. The number of methoxy groups -OCH3 is 1. The molecule has 1 unspecified atom stereocenters. The van der Waals surface area contributed by atoms with Gasteiger partial charge in [0.05, 0.1) is 12.7 Å². The van der Waals surface area contributed by atoms with Crippen LogP contribution in [0.1, 0.15) is 23.1 Å². The monoisotopic (exact) mass is 436 g/mol. The average molecular weight is 436 g/mol. The van der Waals surface area contributed by atoms with E-state index in [1.807, 2.05) is 0 Å². The Kier molecular flexibility index (Phi) is 7.27. The molecule has 1 saturated heterocycles. The van der Waals surface area contributed by atoms with Crippen molar-refractivity contribution in [3.63, 3.8) is 0 Å². The van der Waals surface area contributed by atoms with Crippen molar-refractivity contribution in [2.24, 2.45) is 4.99 Å². The minimum atomic E-state index is -4.31. The first-order valence-electron chi connectivity index (χ1n) is 10.00. The number of nitrogens with one attached hydrogen (secondary N) is 2. The summed E-state index contributed by atoms with van der Waals surface area (Å²) < 4.78 is 43.3. The third-order valence-electron chi connectivity index (χ3n) is 5.26. The second-order valence-corrected chi connectivity index (χ2v) is 7.48. The molecule has 0 aromatic heterocycles. The van der Waals surface area contributed by atoms with Gasteiger partial charge in [0.15, 0.2) is 5.96 Å². The van der Waals surface area contributed by atoms with Gasteiger partial charge in [0.2, 0.25) is 0 Å². The maximum Gasteiger partial charge on any atom is 0.416 e. The van der Waals surface area contributed by atoms with E-state index in [2.05, 4.69) is 20.5 Å². The summed E-state index contributed by atoms with van der Waals surface area (Å²) in [5, 5.41) is 16.6. The van der Waals surface area contributed by atoms with Crippen LogP contribution in [0.25, 0.3) is 0 Å². The Bertz CT molecular complexity index is 901. The summed E-state index contributed by atoms with van der Waals surface area (Å²) in [6, 6.07) is 10.5. The lowest BCUT2D eigenvalue weighted by atomic mass is 10.1. The third-order valence-corrected chi connectivity index (χ3v) is 5.26. The van der Waals surface area contributed by atoms with Crippen molar-refractivity contribution in [2.75, 3.05) is 27.2 Å². The fourth-order valence-corrected chi connectivity index (χ4v) is 3.55. The van der Waals surface area contributed by atoms with Gasteiger partial charge in [0.25, 0.3) is 0 Å². The maximum absolute atomic E-state index is 12.7. The van der Waals surface area contributed by atoms with Gasteiger partial charge >= 0.3 is 6.18 Å². The van der Waals surface area contributed by atoms with E-state index in [0.29, 0.717) is 30.4 Å². The van der Waals surface area contributed by atoms with Gasteiger partial charge in [-0.25, -0.2) is 0 Å². The van der Waals surface area contributed by atoms with Gasteiger partial charge in [-0.2, -0.15) is 13.2 Å². The first-order valence-corrected chi connectivity index (χ1v) is 10.00. The van der Waals surface area contributed by atoms with E-state index in [9.17, 15) is 18.3 Å². The summed E-state index contributed by atoms with van der Waals surface area (Å²) in [7, 11) is 3.25. The largest absolute Gasteiger partial charge is 0.508 e. The zero-order chi connectivity index (χ0) is 22.4. The molecule has 0 radical (unpaired) electrons. The quantitative estimate of drug-likeness (QED) is 0.479. The lowest BCUT2D eigenvalue weighted by molar-refractivity contribution is -0.137. The standard InChI is InChI=1S/C22H27F3N4O2/c1-26-21(27-12-16-11-19(31-2)7-8-20(16)30)28-18-9-10-29(14-18)13-15-3-5-17(6-4-15)22(23,24)25/h3-8,11,18,30H,9-10,12-14H2,1-2H3,(H2,26,27,28). The first kappa shape index (κ1) is 22.7. The van der Waals surface area contributed by atoms with Crippen molar-refractivity contribution in [1.82, 2.24) is 15.5 Å². The summed E-state index contributed by atoms with van der Waals surface area (Å²) >= 11 is 0. The van der Waals surface area contributed by atoms with Crippen LogP contribution in [0.3, 0.4) is 0 Å². The Balaban J connectivity index is 1.49. The van der Waals surface area contributed by atoms with Crippen LogP contribution in [-0.4, -0.2) is 49.3 Å². The molecule has 0 bridgehead atoms. The van der Waals surface area contributed by atoms with Crippen LogP contribution in [0.4, 0.5) is 13.2 Å². The number of aromatic hydroxyl groups is 1. The topological polar surface area (TPSA) is 69.1 Å². The molecule has 9 heteroatoms. The van der Waals surface area contributed by atoms with E-state index in [4.69, 9.17) is 4.74 Å². The molecular formula is C22H27F3N4O2. The third kappa shape index (κ3) is 6.27. The van der Waals surface area contributed by atoms with Gasteiger partial charge in [-0.05, 0) is 42.3 Å². The highest BCUT2D eigenvalue weighted by Gasteiger charge is 2.30. The van der Waals surface area contributed by atoms with Crippen molar-refractivity contribution in [3.05, 3.63) is 59.2 Å². The summed E-state index contributed by atoms with van der Waals surface area (Å²) in [5.74, 6) is 1.45. The van der Waals surface area contributed by atoms with Crippen molar-refractivity contribution in [3.8, 4) is 11.5 Å². The van der Waals surface area contributed by atoms with Gasteiger partial charge in [-0.1, -0.05) is 12.1 Å². The number of alkyl halides is 3. The Morgan fingerprint density at radius 3 is 2.61 bits per heavy atom. The smallest absolute Gasteiger partial charge is 0.416 e. The maximum atomic E-state index is 12.7. The van der Waals surface area contributed by atoms with E-state index in [0.717, 1.165) is 37.2 Å². The van der Waals surface area contributed by atoms with Crippen LogP contribution in [0.5, 0.6) is 11.5 Å². The van der Waals surface area contributed by atoms with Gasteiger partial charge in [-0.3, -0.25) is 9.89 Å². The number of hydrogen-bond acceptors (Lipinski definition) is 4. The number of likely N-dealkylation sites (tertiary alicyclic amines) is 1. The van der Waals surface area contributed by atoms with Crippen molar-refractivity contribution in [2.45, 2.75) is 31.7 Å². The van der Waals surface area contributed by atoms with Gasteiger partial charge < -0.3 is 20.5 Å². The second kappa shape index (κ2) is 9.91. The number of phenols is 1. The first-order chi connectivity index (χ1) is 14.8. The predicted octanol–water partition coefficient (Wildman–Crippen LogP) is 3.36. The number of nitrogens with zero attached hydrogens (tertiary/aromatic N) is 2. The molecule has 2 aromatic rings. The number of ether oxygens (including phenoxy) is 1. The molecule has 1 fully saturated rings. The molecule has 0 saturated carbocycles. The minimum Gasteiger partial charge on any atom is -0.508 e. The van der Waals surface area contributed by atoms with Gasteiger partial charge in [0, 0.05) is 44.8 Å². The molecule has 3 rings (SSSR count). The van der Waals surface area contributed by atoms with Crippen molar-refractivity contribution >= 4 is 5.96 Å². The number of phenolic OH excluding ortho intramolecular Hbond substituents is 1. The molecular weight excluding hydrogens is 409 g/mol. The average Bonchev–Trinajstić information content (AvgIpc) is 3.18. The number of halogens is 3. The molecule has 31 heavy (non-hydrogen) atoms. The highest BCUT2D eigenvalue weighted by Crippen LogP contribution is 2.29. The summed E-state index contributed by atoms with van der Waals surface area (Å²) in [6.07, 6.45) is -3.42. The van der Waals surface area contributed by atoms with Crippen LogP contribution in [0.15, 0.2) is 47.5 Å². The fraction of sp³-hybridized carbons (Fsp3) is 0.409. The molecule has 1 aliphatic heterocycles. The Labute approximate surface area is 179 Å². The zero-order valence-corrected chi connectivity index (χ0v) is 17.5. The number of benzene rings is 2. The Morgan fingerprint density at radius 2 is 1.97 bits per heavy atom. The highest BCUT2D eigenvalue weighted by atomic mass is 19.4.